The monoisotopic (exact) mass is 340 g/mol. The van der Waals surface area contributed by atoms with Gasteiger partial charge in [0.05, 0.1) is 5.75 Å². The molecule has 4 rings (SSSR count). The summed E-state index contributed by atoms with van der Waals surface area (Å²) in [6, 6.07) is 14.4. The van der Waals surface area contributed by atoms with E-state index in [0.717, 1.165) is 40.7 Å². The van der Waals surface area contributed by atoms with Crippen LogP contribution in [0.25, 0.3) is 11.1 Å². The fourth-order valence-electron chi connectivity index (χ4n) is 3.24. The summed E-state index contributed by atoms with van der Waals surface area (Å²) in [5.41, 5.74) is 5.42. The standard InChI is InChI=1S/C20H17FO2S/c21-17-7-5-16(6-8-17)19-12-20(9-10-20)11-18(19)15-3-1-14(2-4-15)13-24(22)23/h1-8,11-12H,9-10,13H2,(H,22,23). The van der Waals surface area contributed by atoms with Crippen molar-refractivity contribution in [3.63, 3.8) is 0 Å². The van der Waals surface area contributed by atoms with Gasteiger partial charge in [-0.15, -0.1) is 0 Å². The van der Waals surface area contributed by atoms with Gasteiger partial charge in [0.1, 0.15) is 5.82 Å². The Morgan fingerprint density at radius 1 is 0.917 bits per heavy atom. The van der Waals surface area contributed by atoms with E-state index < -0.39 is 11.1 Å². The highest BCUT2D eigenvalue weighted by Crippen LogP contribution is 2.57. The van der Waals surface area contributed by atoms with E-state index in [4.69, 9.17) is 4.55 Å². The molecular weight excluding hydrogens is 323 g/mol. The van der Waals surface area contributed by atoms with Gasteiger partial charge in [0.2, 0.25) is 0 Å². The average Bonchev–Trinajstić information content (AvgIpc) is 3.20. The van der Waals surface area contributed by atoms with E-state index in [-0.39, 0.29) is 17.0 Å². The molecule has 0 aromatic heterocycles. The van der Waals surface area contributed by atoms with Crippen LogP contribution in [0.15, 0.2) is 60.7 Å². The second-order valence-corrected chi connectivity index (χ2v) is 7.45. The predicted octanol–water partition coefficient (Wildman–Crippen LogP) is 4.81. The molecule has 0 bridgehead atoms. The average molecular weight is 340 g/mol. The molecule has 1 atom stereocenters. The molecule has 1 spiro atoms. The SMILES string of the molecule is O=S(O)Cc1ccc(C2=CC3(C=C2c2ccc(F)cc2)CC3)cc1. The van der Waals surface area contributed by atoms with Crippen LogP contribution in [0.5, 0.6) is 0 Å². The van der Waals surface area contributed by atoms with Gasteiger partial charge in [-0.05, 0) is 52.8 Å². The molecule has 122 valence electrons. The van der Waals surface area contributed by atoms with E-state index in [1.807, 2.05) is 36.4 Å². The van der Waals surface area contributed by atoms with Crippen LogP contribution in [0.1, 0.15) is 29.5 Å². The van der Waals surface area contributed by atoms with Gasteiger partial charge in [0.25, 0.3) is 0 Å². The highest BCUT2D eigenvalue weighted by atomic mass is 32.2. The Morgan fingerprint density at radius 2 is 1.42 bits per heavy atom. The maximum atomic E-state index is 13.2. The van der Waals surface area contributed by atoms with Gasteiger partial charge in [0, 0.05) is 5.41 Å². The van der Waals surface area contributed by atoms with Crippen molar-refractivity contribution in [1.29, 1.82) is 0 Å². The Kier molecular flexibility index (Phi) is 3.74. The van der Waals surface area contributed by atoms with Crippen LogP contribution in [-0.2, 0) is 16.8 Å². The van der Waals surface area contributed by atoms with Crippen molar-refractivity contribution in [2.24, 2.45) is 5.41 Å². The molecule has 0 saturated heterocycles. The van der Waals surface area contributed by atoms with Crippen molar-refractivity contribution in [2.45, 2.75) is 18.6 Å². The van der Waals surface area contributed by atoms with Gasteiger partial charge in [-0.1, -0.05) is 48.6 Å². The first-order chi connectivity index (χ1) is 11.5. The Hall–Kier alpha value is -2.04. The van der Waals surface area contributed by atoms with Crippen LogP contribution in [0.2, 0.25) is 0 Å². The highest BCUT2D eigenvalue weighted by molar-refractivity contribution is 7.78. The van der Waals surface area contributed by atoms with Crippen molar-refractivity contribution in [3.8, 4) is 0 Å². The minimum Gasteiger partial charge on any atom is -0.306 e. The lowest BCUT2D eigenvalue weighted by atomic mass is 9.94. The first-order valence-electron chi connectivity index (χ1n) is 7.93. The number of hydrogen-bond acceptors (Lipinski definition) is 1. The minimum absolute atomic E-state index is 0.143. The van der Waals surface area contributed by atoms with Gasteiger partial charge in [-0.25, -0.2) is 8.60 Å². The molecule has 1 N–H and O–H groups in total. The van der Waals surface area contributed by atoms with E-state index in [2.05, 4.69) is 12.2 Å². The molecular formula is C20H17FO2S. The summed E-state index contributed by atoms with van der Waals surface area (Å²) in [6.07, 6.45) is 6.92. The Morgan fingerprint density at radius 3 is 1.88 bits per heavy atom. The molecule has 2 aliphatic carbocycles. The van der Waals surface area contributed by atoms with Crippen molar-refractivity contribution >= 4 is 22.2 Å². The molecule has 0 radical (unpaired) electrons. The third kappa shape index (κ3) is 2.99. The number of halogens is 1. The number of hydrogen-bond donors (Lipinski definition) is 1. The van der Waals surface area contributed by atoms with Crippen LogP contribution in [0.3, 0.4) is 0 Å². The van der Waals surface area contributed by atoms with Crippen molar-refractivity contribution < 1.29 is 13.2 Å². The maximum absolute atomic E-state index is 13.2. The normalized spacial score (nSPS) is 19.1. The molecule has 4 heteroatoms. The third-order valence-electron chi connectivity index (χ3n) is 4.69. The van der Waals surface area contributed by atoms with Gasteiger partial charge in [-0.2, -0.15) is 0 Å². The number of allylic oxidation sites excluding steroid dienone is 4. The molecule has 2 nitrogen and oxygen atoms in total. The maximum Gasteiger partial charge on any atom is 0.157 e. The number of rotatable bonds is 4. The van der Waals surface area contributed by atoms with Gasteiger partial charge >= 0.3 is 0 Å². The molecule has 0 aliphatic heterocycles. The minimum atomic E-state index is -1.83. The lowest BCUT2D eigenvalue weighted by Crippen LogP contribution is -1.94. The summed E-state index contributed by atoms with van der Waals surface area (Å²) in [6.45, 7) is 0. The van der Waals surface area contributed by atoms with Crippen molar-refractivity contribution in [1.82, 2.24) is 0 Å². The van der Waals surface area contributed by atoms with Crippen LogP contribution in [0, 0.1) is 11.2 Å². The molecule has 2 aliphatic rings. The Labute approximate surface area is 143 Å². The Balaban J connectivity index is 1.69. The fourth-order valence-corrected chi connectivity index (χ4v) is 3.71. The zero-order valence-corrected chi connectivity index (χ0v) is 13.9. The van der Waals surface area contributed by atoms with Crippen molar-refractivity contribution in [2.75, 3.05) is 0 Å². The van der Waals surface area contributed by atoms with Crippen LogP contribution in [0.4, 0.5) is 4.39 Å². The Bertz CT molecular complexity index is 860. The summed E-state index contributed by atoms with van der Waals surface area (Å²) in [7, 11) is 0. The molecule has 1 saturated carbocycles. The second kappa shape index (κ2) is 5.80. The molecule has 2 aromatic carbocycles. The second-order valence-electron chi connectivity index (χ2n) is 6.52. The van der Waals surface area contributed by atoms with E-state index in [1.54, 1.807) is 0 Å². The zero-order valence-electron chi connectivity index (χ0n) is 13.0. The van der Waals surface area contributed by atoms with Gasteiger partial charge < -0.3 is 4.55 Å². The number of benzene rings is 2. The lowest BCUT2D eigenvalue weighted by Gasteiger charge is -2.10. The summed E-state index contributed by atoms with van der Waals surface area (Å²) in [4.78, 5) is 0. The fraction of sp³-hybridized carbons (Fsp3) is 0.200. The summed E-state index contributed by atoms with van der Waals surface area (Å²) >= 11 is -1.83. The smallest absolute Gasteiger partial charge is 0.157 e. The molecule has 1 fully saturated rings. The molecule has 0 heterocycles. The summed E-state index contributed by atoms with van der Waals surface area (Å²) in [5.74, 6) is -0.0884. The molecule has 1 unspecified atom stereocenters. The van der Waals surface area contributed by atoms with Crippen molar-refractivity contribution in [3.05, 3.63) is 83.2 Å². The first-order valence-corrected chi connectivity index (χ1v) is 9.21. The molecule has 2 aromatic rings. The topological polar surface area (TPSA) is 37.3 Å². The van der Waals surface area contributed by atoms with Gasteiger partial charge in [-0.3, -0.25) is 0 Å². The van der Waals surface area contributed by atoms with E-state index in [0.29, 0.717) is 0 Å². The van der Waals surface area contributed by atoms with Crippen LogP contribution < -0.4 is 0 Å². The summed E-state index contributed by atoms with van der Waals surface area (Å²) < 4.78 is 33.2. The zero-order chi connectivity index (χ0) is 16.7. The quantitative estimate of drug-likeness (QED) is 0.811. The van der Waals surface area contributed by atoms with E-state index >= 15 is 0 Å². The first kappa shape index (κ1) is 15.5. The largest absolute Gasteiger partial charge is 0.306 e. The van der Waals surface area contributed by atoms with E-state index in [9.17, 15) is 8.60 Å². The molecule has 0 amide bonds. The van der Waals surface area contributed by atoms with Crippen LogP contribution in [-0.4, -0.2) is 8.76 Å². The highest BCUT2D eigenvalue weighted by Gasteiger charge is 2.43. The summed E-state index contributed by atoms with van der Waals surface area (Å²) in [5, 5.41) is 0. The van der Waals surface area contributed by atoms with Crippen LogP contribution >= 0.6 is 0 Å². The van der Waals surface area contributed by atoms with E-state index in [1.165, 1.54) is 12.1 Å². The lowest BCUT2D eigenvalue weighted by molar-refractivity contribution is 0.563. The predicted molar refractivity (Wildman–Crippen MR) is 94.9 cm³/mol. The van der Waals surface area contributed by atoms with Gasteiger partial charge in [0.15, 0.2) is 11.1 Å². The third-order valence-corrected chi connectivity index (χ3v) is 5.27. The molecule has 24 heavy (non-hydrogen) atoms.